The fourth-order valence-corrected chi connectivity index (χ4v) is 1.06. The van der Waals surface area contributed by atoms with Gasteiger partial charge in [-0.15, -0.1) is 0 Å². The summed E-state index contributed by atoms with van der Waals surface area (Å²) in [5.74, 6) is -0.190. The lowest BCUT2D eigenvalue weighted by atomic mass is 10.2. The second-order valence-corrected chi connectivity index (χ2v) is 2.84. The van der Waals surface area contributed by atoms with Gasteiger partial charge >= 0.3 is 0 Å². The lowest BCUT2D eigenvalue weighted by molar-refractivity contribution is 0.626. The van der Waals surface area contributed by atoms with E-state index in [1.165, 1.54) is 12.1 Å². The van der Waals surface area contributed by atoms with Crippen LogP contribution in [0.4, 0.5) is 4.39 Å². The van der Waals surface area contributed by atoms with Gasteiger partial charge in [0.25, 0.3) is 0 Å². The molecular formula is C11H13F. The van der Waals surface area contributed by atoms with E-state index in [9.17, 15) is 4.39 Å². The van der Waals surface area contributed by atoms with Gasteiger partial charge in [0.05, 0.1) is 0 Å². The maximum Gasteiger partial charge on any atom is 0.123 e. The zero-order valence-electron chi connectivity index (χ0n) is 7.31. The predicted octanol–water partition coefficient (Wildman–Crippen LogP) is 1.82. The minimum Gasteiger partial charge on any atom is -0.207 e. The summed E-state index contributed by atoms with van der Waals surface area (Å²) in [7, 11) is 0. The molecule has 0 nitrogen and oxygen atoms in total. The maximum absolute atomic E-state index is 12.7. The highest BCUT2D eigenvalue weighted by molar-refractivity contribution is 5.26. The van der Waals surface area contributed by atoms with E-state index in [2.05, 4.69) is 13.5 Å². The molecule has 0 N–H and O–H groups in total. The lowest BCUT2D eigenvalue weighted by Gasteiger charge is -1.90. The van der Waals surface area contributed by atoms with Gasteiger partial charge < -0.3 is 0 Å². The largest absolute Gasteiger partial charge is 0.207 e. The molecule has 0 aliphatic rings. The average Bonchev–Trinajstić information content (AvgIpc) is 2.07. The molecule has 0 unspecified atom stereocenters. The molecule has 0 amide bonds. The molecule has 0 bridgehead atoms. The zero-order chi connectivity index (χ0) is 8.97. The molecule has 1 aromatic carbocycles. The summed E-state index contributed by atoms with van der Waals surface area (Å²) < 4.78 is 12.7. The molecular weight excluding hydrogens is 151 g/mol. The van der Waals surface area contributed by atoms with Crippen LogP contribution in [0.1, 0.15) is 19.8 Å². The number of rotatable bonds is 2. The third-order valence-corrected chi connectivity index (χ3v) is 1.76. The van der Waals surface area contributed by atoms with Gasteiger partial charge in [0.1, 0.15) is 5.82 Å². The topological polar surface area (TPSA) is 0 Å². The van der Waals surface area contributed by atoms with Gasteiger partial charge in [0, 0.05) is 0 Å². The molecule has 64 valence electrons. The first-order valence-electron chi connectivity index (χ1n) is 4.18. The third kappa shape index (κ3) is 2.19. The van der Waals surface area contributed by atoms with Crippen molar-refractivity contribution >= 4 is 12.7 Å². The van der Waals surface area contributed by atoms with E-state index in [1.54, 1.807) is 6.07 Å². The highest BCUT2D eigenvalue weighted by atomic mass is 19.1. The van der Waals surface area contributed by atoms with E-state index in [1.807, 2.05) is 6.08 Å². The van der Waals surface area contributed by atoms with E-state index in [-0.39, 0.29) is 5.82 Å². The standard InChI is InChI=1S/C11H13F/c1-3-4-5-10-8-11(12)7-6-9(10)2/h5-8H,2-4H2,1H3/b10-5-. The van der Waals surface area contributed by atoms with Gasteiger partial charge in [0.15, 0.2) is 0 Å². The molecule has 1 aromatic rings. The van der Waals surface area contributed by atoms with Crippen LogP contribution in [0.15, 0.2) is 18.2 Å². The van der Waals surface area contributed by atoms with E-state index >= 15 is 0 Å². The van der Waals surface area contributed by atoms with Crippen LogP contribution in [0.5, 0.6) is 0 Å². The minimum absolute atomic E-state index is 0.190. The average molecular weight is 164 g/mol. The van der Waals surface area contributed by atoms with Gasteiger partial charge in [-0.3, -0.25) is 0 Å². The van der Waals surface area contributed by atoms with Gasteiger partial charge in [-0.25, -0.2) is 4.39 Å². The van der Waals surface area contributed by atoms with Crippen LogP contribution >= 0.6 is 0 Å². The van der Waals surface area contributed by atoms with E-state index in [4.69, 9.17) is 0 Å². The van der Waals surface area contributed by atoms with Crippen molar-refractivity contribution in [3.63, 3.8) is 0 Å². The van der Waals surface area contributed by atoms with Crippen LogP contribution in [-0.2, 0) is 0 Å². The molecule has 1 heteroatoms. The first-order chi connectivity index (χ1) is 5.74. The SMILES string of the molecule is C=c1ccc(F)c/c1=C/CCC. The Balaban J connectivity index is 3.14. The Labute approximate surface area is 72.0 Å². The van der Waals surface area contributed by atoms with Crippen LogP contribution in [-0.4, -0.2) is 0 Å². The van der Waals surface area contributed by atoms with Crippen molar-refractivity contribution in [3.05, 3.63) is 34.5 Å². The molecule has 12 heavy (non-hydrogen) atoms. The van der Waals surface area contributed by atoms with E-state index in [0.717, 1.165) is 23.3 Å². The molecule has 0 radical (unpaired) electrons. The Kier molecular flexibility index (Phi) is 3.03. The fraction of sp³-hybridized carbons (Fsp3) is 0.273. The van der Waals surface area contributed by atoms with Crippen molar-refractivity contribution in [1.29, 1.82) is 0 Å². The van der Waals surface area contributed by atoms with Crippen LogP contribution in [0.25, 0.3) is 12.7 Å². The summed E-state index contributed by atoms with van der Waals surface area (Å²) in [4.78, 5) is 0. The Hall–Kier alpha value is -1.11. The highest BCUT2D eigenvalue weighted by Gasteiger charge is 1.87. The molecule has 0 spiro atoms. The van der Waals surface area contributed by atoms with Crippen molar-refractivity contribution in [2.24, 2.45) is 0 Å². The Morgan fingerprint density at radius 2 is 2.25 bits per heavy atom. The normalized spacial score (nSPS) is 12.0. The Morgan fingerprint density at radius 3 is 2.92 bits per heavy atom. The summed E-state index contributed by atoms with van der Waals surface area (Å²) >= 11 is 0. The predicted molar refractivity (Wildman–Crippen MR) is 50.5 cm³/mol. The molecule has 0 fully saturated rings. The Morgan fingerprint density at radius 1 is 1.50 bits per heavy atom. The summed E-state index contributed by atoms with van der Waals surface area (Å²) in [5.41, 5.74) is 0. The molecule has 0 saturated heterocycles. The lowest BCUT2D eigenvalue weighted by Crippen LogP contribution is -2.22. The first-order valence-corrected chi connectivity index (χ1v) is 4.18. The summed E-state index contributed by atoms with van der Waals surface area (Å²) in [6.45, 7) is 5.91. The monoisotopic (exact) mass is 164 g/mol. The van der Waals surface area contributed by atoms with Crippen LogP contribution in [0.2, 0.25) is 0 Å². The van der Waals surface area contributed by atoms with E-state index in [0.29, 0.717) is 0 Å². The van der Waals surface area contributed by atoms with Crippen molar-refractivity contribution < 1.29 is 4.39 Å². The zero-order valence-corrected chi connectivity index (χ0v) is 7.31. The molecule has 0 aromatic heterocycles. The molecule has 1 rings (SSSR count). The van der Waals surface area contributed by atoms with Crippen molar-refractivity contribution in [3.8, 4) is 0 Å². The second kappa shape index (κ2) is 4.05. The van der Waals surface area contributed by atoms with Gasteiger partial charge in [0.2, 0.25) is 0 Å². The quantitative estimate of drug-likeness (QED) is 0.625. The molecule has 0 saturated carbocycles. The maximum atomic E-state index is 12.7. The Bertz CT molecular complexity index is 352. The number of hydrogen-bond donors (Lipinski definition) is 0. The summed E-state index contributed by atoms with van der Waals surface area (Å²) in [6, 6.07) is 4.67. The number of hydrogen-bond acceptors (Lipinski definition) is 0. The number of halogens is 1. The van der Waals surface area contributed by atoms with E-state index < -0.39 is 0 Å². The fourth-order valence-electron chi connectivity index (χ4n) is 1.06. The van der Waals surface area contributed by atoms with Crippen molar-refractivity contribution in [2.75, 3.05) is 0 Å². The number of unbranched alkanes of at least 4 members (excludes halogenated alkanes) is 1. The summed E-state index contributed by atoms with van der Waals surface area (Å²) in [5, 5.41) is 1.81. The highest BCUT2D eigenvalue weighted by Crippen LogP contribution is 1.89. The molecule has 0 atom stereocenters. The van der Waals surface area contributed by atoms with Crippen LogP contribution in [0.3, 0.4) is 0 Å². The molecule has 0 aliphatic carbocycles. The molecule has 0 aliphatic heterocycles. The minimum atomic E-state index is -0.190. The van der Waals surface area contributed by atoms with Gasteiger partial charge in [-0.2, -0.15) is 0 Å². The van der Waals surface area contributed by atoms with Crippen molar-refractivity contribution in [1.82, 2.24) is 0 Å². The summed E-state index contributed by atoms with van der Waals surface area (Å²) in [6.07, 6.45) is 4.08. The van der Waals surface area contributed by atoms with Gasteiger partial charge in [-0.1, -0.05) is 32.1 Å². The third-order valence-electron chi connectivity index (χ3n) is 1.76. The van der Waals surface area contributed by atoms with Crippen LogP contribution in [0, 0.1) is 5.82 Å². The van der Waals surface area contributed by atoms with Gasteiger partial charge in [-0.05, 0) is 29.0 Å². The van der Waals surface area contributed by atoms with Crippen LogP contribution < -0.4 is 10.4 Å². The molecule has 0 heterocycles. The number of benzene rings is 1. The second-order valence-electron chi connectivity index (χ2n) is 2.84. The van der Waals surface area contributed by atoms with Crippen molar-refractivity contribution in [2.45, 2.75) is 19.8 Å². The first kappa shape index (κ1) is 8.98. The smallest absolute Gasteiger partial charge is 0.123 e.